The molecular weight excluding hydrogens is 280 g/mol. The van der Waals surface area contributed by atoms with Crippen molar-refractivity contribution in [2.24, 2.45) is 5.41 Å². The summed E-state index contributed by atoms with van der Waals surface area (Å²) in [7, 11) is 0. The lowest BCUT2D eigenvalue weighted by molar-refractivity contribution is 0.280. The zero-order valence-corrected chi connectivity index (χ0v) is 15.9. The van der Waals surface area contributed by atoms with Gasteiger partial charge in [-0.25, -0.2) is 0 Å². The molecule has 126 valence electrons. The Balaban J connectivity index is 2.40. The largest absolute Gasteiger partial charge is 0.472 e. The highest BCUT2D eigenvalue weighted by Gasteiger charge is 2.33. The average molecular weight is 312 g/mol. The van der Waals surface area contributed by atoms with Gasteiger partial charge in [-0.3, -0.25) is 0 Å². The standard InChI is InChI=1S/C22H32O/c1-20(2,3)16-22(6,7)19-11-9-8-10-18(19)21(4,5)14-17-12-13-23-15-17/h8-13,15H,14,16H2,1-7H3. The molecule has 23 heavy (non-hydrogen) atoms. The molecule has 1 aromatic carbocycles. The van der Waals surface area contributed by atoms with Crippen molar-refractivity contribution in [1.82, 2.24) is 0 Å². The zero-order valence-electron chi connectivity index (χ0n) is 15.9. The Morgan fingerprint density at radius 3 is 1.83 bits per heavy atom. The molecule has 0 spiro atoms. The lowest BCUT2D eigenvalue weighted by Crippen LogP contribution is -2.30. The summed E-state index contributed by atoms with van der Waals surface area (Å²) < 4.78 is 5.26. The van der Waals surface area contributed by atoms with Crippen LogP contribution >= 0.6 is 0 Å². The molecule has 0 fully saturated rings. The molecule has 1 nitrogen and oxygen atoms in total. The lowest BCUT2D eigenvalue weighted by Gasteiger charge is -2.38. The first kappa shape index (κ1) is 17.8. The number of benzene rings is 1. The second kappa shape index (κ2) is 6.19. The van der Waals surface area contributed by atoms with Crippen molar-refractivity contribution in [3.05, 3.63) is 59.5 Å². The van der Waals surface area contributed by atoms with Gasteiger partial charge in [-0.15, -0.1) is 0 Å². The molecule has 0 aliphatic heterocycles. The summed E-state index contributed by atoms with van der Waals surface area (Å²) in [4.78, 5) is 0. The maximum atomic E-state index is 5.26. The van der Waals surface area contributed by atoms with Crippen molar-refractivity contribution in [3.63, 3.8) is 0 Å². The maximum Gasteiger partial charge on any atom is 0.0934 e. The first-order valence-electron chi connectivity index (χ1n) is 8.62. The molecule has 0 N–H and O–H groups in total. The van der Waals surface area contributed by atoms with E-state index in [1.165, 1.54) is 23.1 Å². The fraction of sp³-hybridized carbons (Fsp3) is 0.545. The van der Waals surface area contributed by atoms with Crippen LogP contribution in [0.4, 0.5) is 0 Å². The third-order valence-corrected chi connectivity index (χ3v) is 4.58. The maximum absolute atomic E-state index is 5.26. The predicted molar refractivity (Wildman–Crippen MR) is 99.0 cm³/mol. The van der Waals surface area contributed by atoms with Crippen molar-refractivity contribution < 1.29 is 4.42 Å². The summed E-state index contributed by atoms with van der Waals surface area (Å²) in [5, 5.41) is 0. The minimum absolute atomic E-state index is 0.0790. The number of hydrogen-bond acceptors (Lipinski definition) is 1. The molecular formula is C22H32O. The average Bonchev–Trinajstić information content (AvgIpc) is 2.88. The molecule has 1 aromatic heterocycles. The summed E-state index contributed by atoms with van der Waals surface area (Å²) in [6.45, 7) is 16.4. The van der Waals surface area contributed by atoms with E-state index < -0.39 is 0 Å². The van der Waals surface area contributed by atoms with Crippen molar-refractivity contribution >= 4 is 0 Å². The molecule has 0 amide bonds. The summed E-state index contributed by atoms with van der Waals surface area (Å²) >= 11 is 0. The van der Waals surface area contributed by atoms with Gasteiger partial charge in [0.25, 0.3) is 0 Å². The van der Waals surface area contributed by atoms with Crippen LogP contribution in [0.1, 0.15) is 71.6 Å². The third kappa shape index (κ3) is 4.50. The Morgan fingerprint density at radius 2 is 1.35 bits per heavy atom. The van der Waals surface area contributed by atoms with Gasteiger partial charge in [-0.05, 0) is 51.8 Å². The van der Waals surface area contributed by atoms with E-state index in [1.807, 2.05) is 6.26 Å². The lowest BCUT2D eigenvalue weighted by atomic mass is 9.67. The summed E-state index contributed by atoms with van der Waals surface area (Å²) in [6, 6.07) is 11.0. The summed E-state index contributed by atoms with van der Waals surface area (Å²) in [5.74, 6) is 0. The molecule has 0 saturated heterocycles. The van der Waals surface area contributed by atoms with Gasteiger partial charge in [0.2, 0.25) is 0 Å². The number of rotatable bonds is 5. The van der Waals surface area contributed by atoms with Crippen LogP contribution in [-0.2, 0) is 17.3 Å². The van der Waals surface area contributed by atoms with Crippen molar-refractivity contribution in [2.75, 3.05) is 0 Å². The van der Waals surface area contributed by atoms with E-state index in [0.717, 1.165) is 6.42 Å². The van der Waals surface area contributed by atoms with E-state index in [9.17, 15) is 0 Å². The second-order valence-corrected chi connectivity index (χ2v) is 9.36. The Bertz CT molecular complexity index is 624. The van der Waals surface area contributed by atoms with Crippen LogP contribution in [-0.4, -0.2) is 0 Å². The highest BCUT2D eigenvalue weighted by Crippen LogP contribution is 2.41. The Labute approximate surface area is 142 Å². The Hall–Kier alpha value is -1.50. The minimum atomic E-state index is 0.0790. The molecule has 0 aliphatic carbocycles. The number of hydrogen-bond donors (Lipinski definition) is 0. The highest BCUT2D eigenvalue weighted by atomic mass is 16.3. The van der Waals surface area contributed by atoms with Gasteiger partial charge in [-0.1, -0.05) is 72.7 Å². The third-order valence-electron chi connectivity index (χ3n) is 4.58. The van der Waals surface area contributed by atoms with Crippen LogP contribution < -0.4 is 0 Å². The first-order chi connectivity index (χ1) is 10.5. The SMILES string of the molecule is CC(C)(C)CC(C)(C)c1ccccc1C(C)(C)Cc1ccoc1. The topological polar surface area (TPSA) is 13.1 Å². The van der Waals surface area contributed by atoms with E-state index in [1.54, 1.807) is 6.26 Å². The minimum Gasteiger partial charge on any atom is -0.472 e. The monoisotopic (exact) mass is 312 g/mol. The molecule has 0 saturated carbocycles. The quantitative estimate of drug-likeness (QED) is 0.613. The van der Waals surface area contributed by atoms with Crippen LogP contribution in [0.5, 0.6) is 0 Å². The van der Waals surface area contributed by atoms with E-state index in [2.05, 4.69) is 78.8 Å². The van der Waals surface area contributed by atoms with Gasteiger partial charge in [0.1, 0.15) is 0 Å². The van der Waals surface area contributed by atoms with Crippen molar-refractivity contribution in [3.8, 4) is 0 Å². The summed E-state index contributed by atoms with van der Waals surface area (Å²) in [5.41, 5.74) is 4.74. The van der Waals surface area contributed by atoms with Gasteiger partial charge in [-0.2, -0.15) is 0 Å². The molecule has 2 aromatic rings. The molecule has 1 heteroatoms. The normalized spacial score (nSPS) is 13.3. The number of furan rings is 1. The van der Waals surface area contributed by atoms with Gasteiger partial charge < -0.3 is 4.42 Å². The van der Waals surface area contributed by atoms with E-state index in [-0.39, 0.29) is 10.8 Å². The molecule has 0 aliphatic rings. The van der Waals surface area contributed by atoms with Crippen LogP contribution in [0.3, 0.4) is 0 Å². The molecule has 0 radical (unpaired) electrons. The molecule has 0 atom stereocenters. The smallest absolute Gasteiger partial charge is 0.0934 e. The van der Waals surface area contributed by atoms with Crippen LogP contribution in [0.25, 0.3) is 0 Å². The van der Waals surface area contributed by atoms with Gasteiger partial charge in [0.05, 0.1) is 12.5 Å². The van der Waals surface area contributed by atoms with Crippen LogP contribution in [0.2, 0.25) is 0 Å². The van der Waals surface area contributed by atoms with Crippen LogP contribution in [0, 0.1) is 5.41 Å². The Kier molecular flexibility index (Phi) is 4.80. The second-order valence-electron chi connectivity index (χ2n) is 9.36. The fourth-order valence-electron chi connectivity index (χ4n) is 4.08. The molecule has 2 rings (SSSR count). The van der Waals surface area contributed by atoms with Crippen molar-refractivity contribution in [1.29, 1.82) is 0 Å². The summed E-state index contributed by atoms with van der Waals surface area (Å²) in [6.07, 6.45) is 5.79. The van der Waals surface area contributed by atoms with Crippen molar-refractivity contribution in [2.45, 2.75) is 72.1 Å². The van der Waals surface area contributed by atoms with E-state index in [4.69, 9.17) is 4.42 Å². The van der Waals surface area contributed by atoms with Gasteiger partial charge >= 0.3 is 0 Å². The Morgan fingerprint density at radius 1 is 0.783 bits per heavy atom. The first-order valence-corrected chi connectivity index (χ1v) is 8.62. The van der Waals surface area contributed by atoms with E-state index in [0.29, 0.717) is 5.41 Å². The fourth-order valence-corrected chi connectivity index (χ4v) is 4.08. The molecule has 0 unspecified atom stereocenters. The zero-order chi connectivity index (χ0) is 17.3. The van der Waals surface area contributed by atoms with E-state index >= 15 is 0 Å². The van der Waals surface area contributed by atoms with Crippen LogP contribution in [0.15, 0.2) is 47.3 Å². The van der Waals surface area contributed by atoms with Gasteiger partial charge in [0.15, 0.2) is 0 Å². The van der Waals surface area contributed by atoms with Gasteiger partial charge in [0, 0.05) is 0 Å². The molecule has 1 heterocycles. The predicted octanol–water partition coefficient (Wildman–Crippen LogP) is 6.51. The molecule has 0 bridgehead atoms. The highest BCUT2D eigenvalue weighted by molar-refractivity contribution is 5.39.